The molecule has 0 spiro atoms. The highest BCUT2D eigenvalue weighted by atomic mass is 15.2. The Bertz CT molecular complexity index is 125. The lowest BCUT2D eigenvalue weighted by Gasteiger charge is -2.23. The minimum atomic E-state index is 0.439. The third-order valence-electron chi connectivity index (χ3n) is 2.85. The molecule has 2 unspecified atom stereocenters. The molecule has 0 aromatic heterocycles. The predicted octanol–water partition coefficient (Wildman–Crippen LogP) is 1.60. The van der Waals surface area contributed by atoms with Crippen LogP contribution in [0.15, 0.2) is 0 Å². The standard InChI is InChI=1S/C10H22N2/c1-3-4-5-9(2)12-7-6-10(11)8-12/h9-10H,3-8,11H2,1-2H3. The third kappa shape index (κ3) is 2.76. The van der Waals surface area contributed by atoms with E-state index < -0.39 is 0 Å². The quantitative estimate of drug-likeness (QED) is 0.694. The van der Waals surface area contributed by atoms with Crippen LogP contribution in [0, 0.1) is 0 Å². The smallest absolute Gasteiger partial charge is 0.0180 e. The van der Waals surface area contributed by atoms with Gasteiger partial charge in [-0.2, -0.15) is 0 Å². The molecule has 1 aliphatic heterocycles. The largest absolute Gasteiger partial charge is 0.326 e. The first-order valence-corrected chi connectivity index (χ1v) is 5.23. The lowest BCUT2D eigenvalue weighted by Crippen LogP contribution is -2.33. The maximum absolute atomic E-state index is 5.85. The summed E-state index contributed by atoms with van der Waals surface area (Å²) in [6.45, 7) is 6.91. The normalized spacial score (nSPS) is 27.8. The molecule has 0 aromatic carbocycles. The highest BCUT2D eigenvalue weighted by molar-refractivity contribution is 4.81. The van der Waals surface area contributed by atoms with Gasteiger partial charge in [-0.3, -0.25) is 4.90 Å². The van der Waals surface area contributed by atoms with E-state index in [1.807, 2.05) is 0 Å². The summed E-state index contributed by atoms with van der Waals surface area (Å²) in [5.74, 6) is 0. The van der Waals surface area contributed by atoms with E-state index in [1.54, 1.807) is 0 Å². The topological polar surface area (TPSA) is 29.3 Å². The SMILES string of the molecule is CCCCC(C)N1CCC(N)C1. The van der Waals surface area contributed by atoms with Gasteiger partial charge in [-0.1, -0.05) is 19.8 Å². The van der Waals surface area contributed by atoms with Gasteiger partial charge < -0.3 is 5.73 Å². The predicted molar refractivity (Wildman–Crippen MR) is 53.2 cm³/mol. The van der Waals surface area contributed by atoms with Crippen LogP contribution in [-0.4, -0.2) is 30.1 Å². The molecular weight excluding hydrogens is 148 g/mol. The molecule has 2 nitrogen and oxygen atoms in total. The zero-order valence-electron chi connectivity index (χ0n) is 8.42. The van der Waals surface area contributed by atoms with Gasteiger partial charge >= 0.3 is 0 Å². The Balaban J connectivity index is 2.18. The van der Waals surface area contributed by atoms with Crippen LogP contribution in [0.2, 0.25) is 0 Å². The van der Waals surface area contributed by atoms with Crippen molar-refractivity contribution >= 4 is 0 Å². The van der Waals surface area contributed by atoms with Crippen molar-refractivity contribution in [3.8, 4) is 0 Å². The van der Waals surface area contributed by atoms with Crippen molar-refractivity contribution in [2.24, 2.45) is 5.73 Å². The van der Waals surface area contributed by atoms with Crippen molar-refractivity contribution in [3.05, 3.63) is 0 Å². The molecule has 1 fully saturated rings. The van der Waals surface area contributed by atoms with Gasteiger partial charge in [0.2, 0.25) is 0 Å². The molecule has 1 rings (SSSR count). The highest BCUT2D eigenvalue weighted by Gasteiger charge is 2.22. The van der Waals surface area contributed by atoms with E-state index >= 15 is 0 Å². The Hall–Kier alpha value is -0.0800. The monoisotopic (exact) mass is 170 g/mol. The molecule has 2 N–H and O–H groups in total. The van der Waals surface area contributed by atoms with E-state index in [4.69, 9.17) is 5.73 Å². The van der Waals surface area contributed by atoms with Crippen molar-refractivity contribution in [2.75, 3.05) is 13.1 Å². The first-order valence-electron chi connectivity index (χ1n) is 5.23. The highest BCUT2D eigenvalue weighted by Crippen LogP contribution is 2.14. The first-order chi connectivity index (χ1) is 5.74. The van der Waals surface area contributed by atoms with E-state index in [0.29, 0.717) is 6.04 Å². The van der Waals surface area contributed by atoms with Crippen molar-refractivity contribution in [1.29, 1.82) is 0 Å². The van der Waals surface area contributed by atoms with Crippen LogP contribution in [0.1, 0.15) is 39.5 Å². The van der Waals surface area contributed by atoms with Crippen LogP contribution in [0.5, 0.6) is 0 Å². The lowest BCUT2D eigenvalue weighted by atomic mass is 10.1. The van der Waals surface area contributed by atoms with Crippen molar-refractivity contribution in [1.82, 2.24) is 4.90 Å². The second-order valence-corrected chi connectivity index (χ2v) is 4.03. The molecule has 72 valence electrons. The molecular formula is C10H22N2. The number of unbranched alkanes of at least 4 members (excludes halogenated alkanes) is 1. The number of hydrogen-bond donors (Lipinski definition) is 1. The molecule has 1 saturated heterocycles. The summed E-state index contributed by atoms with van der Waals surface area (Å²) in [6, 6.07) is 1.19. The van der Waals surface area contributed by atoms with E-state index in [-0.39, 0.29) is 0 Å². The maximum Gasteiger partial charge on any atom is 0.0180 e. The minimum Gasteiger partial charge on any atom is -0.326 e. The van der Waals surface area contributed by atoms with E-state index in [9.17, 15) is 0 Å². The summed E-state index contributed by atoms with van der Waals surface area (Å²) in [5.41, 5.74) is 5.85. The molecule has 0 bridgehead atoms. The Kier molecular flexibility index (Phi) is 4.02. The fourth-order valence-electron chi connectivity index (χ4n) is 1.90. The third-order valence-corrected chi connectivity index (χ3v) is 2.85. The van der Waals surface area contributed by atoms with Crippen molar-refractivity contribution < 1.29 is 0 Å². The molecule has 2 atom stereocenters. The fourth-order valence-corrected chi connectivity index (χ4v) is 1.90. The van der Waals surface area contributed by atoms with Crippen LogP contribution < -0.4 is 5.73 Å². The number of likely N-dealkylation sites (tertiary alicyclic amines) is 1. The zero-order chi connectivity index (χ0) is 8.97. The average molecular weight is 170 g/mol. The van der Waals surface area contributed by atoms with Crippen LogP contribution in [0.3, 0.4) is 0 Å². The molecule has 0 saturated carbocycles. The molecule has 12 heavy (non-hydrogen) atoms. The van der Waals surface area contributed by atoms with Gasteiger partial charge in [-0.25, -0.2) is 0 Å². The van der Waals surface area contributed by atoms with E-state index in [1.165, 1.54) is 32.2 Å². The first kappa shape index (κ1) is 10.0. The second kappa shape index (κ2) is 4.83. The summed E-state index contributed by atoms with van der Waals surface area (Å²) >= 11 is 0. The van der Waals surface area contributed by atoms with Crippen LogP contribution in [0.4, 0.5) is 0 Å². The summed E-state index contributed by atoms with van der Waals surface area (Å²) < 4.78 is 0. The van der Waals surface area contributed by atoms with Gasteiger partial charge in [0.15, 0.2) is 0 Å². The van der Waals surface area contributed by atoms with Gasteiger partial charge in [0.05, 0.1) is 0 Å². The molecule has 0 aromatic rings. The van der Waals surface area contributed by atoms with Gasteiger partial charge in [0.25, 0.3) is 0 Å². The van der Waals surface area contributed by atoms with Gasteiger partial charge in [-0.05, 0) is 26.3 Å². The van der Waals surface area contributed by atoms with Crippen molar-refractivity contribution in [3.63, 3.8) is 0 Å². The van der Waals surface area contributed by atoms with Gasteiger partial charge in [0, 0.05) is 18.6 Å². The maximum atomic E-state index is 5.85. The number of rotatable bonds is 4. The number of nitrogens with zero attached hydrogens (tertiary/aromatic N) is 1. The van der Waals surface area contributed by atoms with Gasteiger partial charge in [0.1, 0.15) is 0 Å². The van der Waals surface area contributed by atoms with E-state index in [2.05, 4.69) is 18.7 Å². The molecule has 1 heterocycles. The number of hydrogen-bond acceptors (Lipinski definition) is 2. The van der Waals surface area contributed by atoms with Crippen LogP contribution >= 0.6 is 0 Å². The van der Waals surface area contributed by atoms with Crippen LogP contribution in [0.25, 0.3) is 0 Å². The number of nitrogens with two attached hydrogens (primary N) is 1. The lowest BCUT2D eigenvalue weighted by molar-refractivity contribution is 0.240. The molecule has 0 amide bonds. The van der Waals surface area contributed by atoms with Crippen molar-refractivity contribution in [2.45, 2.75) is 51.6 Å². The molecule has 2 heteroatoms. The van der Waals surface area contributed by atoms with Crippen LogP contribution in [-0.2, 0) is 0 Å². The average Bonchev–Trinajstić information content (AvgIpc) is 2.47. The summed E-state index contributed by atoms with van der Waals surface area (Å²) in [6.07, 6.45) is 5.19. The fraction of sp³-hybridized carbons (Fsp3) is 1.00. The Morgan fingerprint density at radius 3 is 2.83 bits per heavy atom. The Morgan fingerprint density at radius 1 is 1.58 bits per heavy atom. The summed E-state index contributed by atoms with van der Waals surface area (Å²) in [4.78, 5) is 2.53. The Labute approximate surface area is 76.1 Å². The van der Waals surface area contributed by atoms with Gasteiger partial charge in [-0.15, -0.1) is 0 Å². The Morgan fingerprint density at radius 2 is 2.33 bits per heavy atom. The molecule has 0 aliphatic carbocycles. The second-order valence-electron chi connectivity index (χ2n) is 4.03. The summed E-state index contributed by atoms with van der Waals surface area (Å²) in [7, 11) is 0. The minimum absolute atomic E-state index is 0.439. The van der Waals surface area contributed by atoms with E-state index in [0.717, 1.165) is 12.6 Å². The zero-order valence-corrected chi connectivity index (χ0v) is 8.42. The summed E-state index contributed by atoms with van der Waals surface area (Å²) in [5, 5.41) is 0. The molecule has 1 aliphatic rings. The molecule has 0 radical (unpaired) electrons.